The van der Waals surface area contributed by atoms with E-state index in [4.69, 9.17) is 5.73 Å². The number of nitrogens with zero attached hydrogens (tertiary/aromatic N) is 2. The van der Waals surface area contributed by atoms with Crippen molar-refractivity contribution >= 4 is 17.5 Å². The van der Waals surface area contributed by atoms with Gasteiger partial charge in [-0.1, -0.05) is 43.0 Å². The maximum atomic E-state index is 14.8. The van der Waals surface area contributed by atoms with Gasteiger partial charge in [0, 0.05) is 30.8 Å². The molecule has 0 aliphatic heterocycles. The number of aliphatic hydroxyl groups excluding tert-OH is 1. The highest BCUT2D eigenvalue weighted by Gasteiger charge is 2.23. The van der Waals surface area contributed by atoms with Gasteiger partial charge in [-0.2, -0.15) is 0 Å². The van der Waals surface area contributed by atoms with Gasteiger partial charge in [-0.25, -0.2) is 9.38 Å². The molecular formula is C25H29FN4O2. The summed E-state index contributed by atoms with van der Waals surface area (Å²) in [4.78, 5) is 21.0. The fraction of sp³-hybridized carbons (Fsp3) is 0.320. The number of rotatable bonds is 7. The summed E-state index contributed by atoms with van der Waals surface area (Å²) in [6, 6.07) is 13.7. The highest BCUT2D eigenvalue weighted by Crippen LogP contribution is 2.30. The third-order valence-electron chi connectivity index (χ3n) is 5.69. The zero-order valence-electron chi connectivity index (χ0n) is 18.2. The van der Waals surface area contributed by atoms with E-state index in [1.54, 1.807) is 6.07 Å². The highest BCUT2D eigenvalue weighted by atomic mass is 19.1. The molecule has 0 aromatic heterocycles. The van der Waals surface area contributed by atoms with E-state index < -0.39 is 11.7 Å². The summed E-state index contributed by atoms with van der Waals surface area (Å²) in [6.07, 6.45) is 2.70. The van der Waals surface area contributed by atoms with E-state index in [0.717, 1.165) is 18.4 Å². The number of benzene rings is 2. The maximum Gasteiger partial charge on any atom is 0.254 e. The molecule has 0 saturated heterocycles. The third kappa shape index (κ3) is 5.88. The molecule has 1 amide bonds. The lowest BCUT2D eigenvalue weighted by Gasteiger charge is -2.25. The van der Waals surface area contributed by atoms with Gasteiger partial charge in [-0.15, -0.1) is 0 Å². The minimum absolute atomic E-state index is 0.0591. The van der Waals surface area contributed by atoms with E-state index in [9.17, 15) is 14.3 Å². The maximum absolute atomic E-state index is 14.8. The number of allylic oxidation sites excluding steroid dienone is 1. The Morgan fingerprint density at radius 2 is 1.88 bits per heavy atom. The van der Waals surface area contributed by atoms with Crippen LogP contribution < -0.4 is 11.1 Å². The Morgan fingerprint density at radius 3 is 2.50 bits per heavy atom. The second kappa shape index (κ2) is 10.8. The molecule has 168 valence electrons. The van der Waals surface area contributed by atoms with E-state index >= 15 is 0 Å². The van der Waals surface area contributed by atoms with Crippen LogP contribution in [-0.4, -0.2) is 35.7 Å². The zero-order valence-corrected chi connectivity index (χ0v) is 18.2. The first kappa shape index (κ1) is 23.3. The molecule has 32 heavy (non-hydrogen) atoms. The lowest BCUT2D eigenvalue weighted by atomic mass is 9.86. The Kier molecular flexibility index (Phi) is 7.89. The average Bonchev–Trinajstić information content (AvgIpc) is 2.81. The fourth-order valence-corrected chi connectivity index (χ4v) is 3.74. The van der Waals surface area contributed by atoms with Gasteiger partial charge in [0.25, 0.3) is 5.91 Å². The molecule has 0 atom stereocenters. The summed E-state index contributed by atoms with van der Waals surface area (Å²) < 4.78 is 14.8. The quantitative estimate of drug-likeness (QED) is 0.457. The van der Waals surface area contributed by atoms with Crippen LogP contribution in [0.2, 0.25) is 0 Å². The Morgan fingerprint density at radius 1 is 1.19 bits per heavy atom. The van der Waals surface area contributed by atoms with Gasteiger partial charge in [-0.3, -0.25) is 9.79 Å². The van der Waals surface area contributed by atoms with Crippen LogP contribution in [0, 0.1) is 11.7 Å². The van der Waals surface area contributed by atoms with Crippen LogP contribution in [0.25, 0.3) is 0 Å². The van der Waals surface area contributed by atoms with Gasteiger partial charge in [0.05, 0.1) is 11.7 Å². The molecule has 0 unspecified atom stereocenters. The summed E-state index contributed by atoms with van der Waals surface area (Å²) in [5.41, 5.74) is 8.28. The van der Waals surface area contributed by atoms with Crippen molar-refractivity contribution in [2.45, 2.75) is 38.3 Å². The van der Waals surface area contributed by atoms with Crippen LogP contribution >= 0.6 is 0 Å². The largest absolute Gasteiger partial charge is 0.393 e. The molecule has 4 N–H and O–H groups in total. The van der Waals surface area contributed by atoms with Crippen LogP contribution in [0.3, 0.4) is 0 Å². The number of halogens is 1. The first-order chi connectivity index (χ1) is 15.4. The van der Waals surface area contributed by atoms with Crippen molar-refractivity contribution < 1.29 is 14.3 Å². The molecule has 0 radical (unpaired) electrons. The zero-order chi connectivity index (χ0) is 23.1. The summed E-state index contributed by atoms with van der Waals surface area (Å²) in [6.45, 7) is 4.37. The molecule has 0 heterocycles. The average molecular weight is 437 g/mol. The molecule has 7 heteroatoms. The minimum Gasteiger partial charge on any atom is -0.393 e. The van der Waals surface area contributed by atoms with Gasteiger partial charge < -0.3 is 16.2 Å². The van der Waals surface area contributed by atoms with Crippen LogP contribution in [0.4, 0.5) is 4.39 Å². The number of aliphatic hydroxyl groups is 1. The summed E-state index contributed by atoms with van der Waals surface area (Å²) in [5.74, 6) is -0.886. The number of aliphatic imine (C=N–C) groups is 2. The molecule has 2 aromatic rings. The first-order valence-corrected chi connectivity index (χ1v) is 10.7. The second-order valence-electron chi connectivity index (χ2n) is 7.93. The molecule has 3 rings (SSSR count). The van der Waals surface area contributed by atoms with Crippen LogP contribution in [0.5, 0.6) is 0 Å². The molecule has 1 aliphatic carbocycles. The molecule has 1 saturated carbocycles. The van der Waals surface area contributed by atoms with Crippen LogP contribution in [-0.2, 0) is 6.54 Å². The Balaban J connectivity index is 1.78. The first-order valence-electron chi connectivity index (χ1n) is 10.7. The molecule has 0 spiro atoms. The molecule has 0 bridgehead atoms. The van der Waals surface area contributed by atoms with Crippen molar-refractivity contribution in [1.29, 1.82) is 0 Å². The predicted molar refractivity (Wildman–Crippen MR) is 125 cm³/mol. The number of carbonyl (C=O) groups excluding carboxylic acids is 1. The summed E-state index contributed by atoms with van der Waals surface area (Å²) in [7, 11) is 1.53. The minimum atomic E-state index is -0.670. The number of carbonyl (C=O) groups is 1. The van der Waals surface area contributed by atoms with Gasteiger partial charge in [-0.05, 0) is 43.4 Å². The lowest BCUT2D eigenvalue weighted by molar-refractivity contribution is 0.0946. The normalized spacial score (nSPS) is 19.5. The van der Waals surface area contributed by atoms with Crippen molar-refractivity contribution in [1.82, 2.24) is 5.32 Å². The van der Waals surface area contributed by atoms with Gasteiger partial charge in [0.1, 0.15) is 17.4 Å². The fourth-order valence-electron chi connectivity index (χ4n) is 3.74. The van der Waals surface area contributed by atoms with Crippen molar-refractivity contribution in [2.75, 3.05) is 7.05 Å². The standard InChI is InChI=1S/C25H29FN4O2/c1-16(18-8-11-20(31)12-9-18)30-23(24(27)28-2)19-10-13-21(22(26)14-19)25(32)29-15-17-6-4-3-5-7-17/h3-7,10,13-14,18,20,31H,1,8-9,11-12,15H2,2H3,(H2,27,28)(H,29,32)/b30-23-/t18-,20+. The van der Waals surface area contributed by atoms with Gasteiger partial charge in [0.15, 0.2) is 0 Å². The molecule has 1 aliphatic rings. The Bertz CT molecular complexity index is 1030. The summed E-state index contributed by atoms with van der Waals surface area (Å²) >= 11 is 0. The van der Waals surface area contributed by atoms with E-state index in [-0.39, 0.29) is 23.4 Å². The summed E-state index contributed by atoms with van der Waals surface area (Å²) in [5, 5.41) is 12.4. The Labute approximate surface area is 187 Å². The number of nitrogens with two attached hydrogens (primary N) is 1. The van der Waals surface area contributed by atoms with E-state index in [0.29, 0.717) is 36.4 Å². The SMILES string of the molecule is C=C(/N=C(\C(N)=N/C)c1ccc(C(=O)NCc2ccccc2)c(F)c1)[C@H]1CC[C@@H](O)CC1. The van der Waals surface area contributed by atoms with E-state index in [1.165, 1.54) is 19.2 Å². The van der Waals surface area contributed by atoms with Gasteiger partial charge >= 0.3 is 0 Å². The topological polar surface area (TPSA) is 100 Å². The van der Waals surface area contributed by atoms with Crippen LogP contribution in [0.1, 0.15) is 47.2 Å². The molecule has 1 fully saturated rings. The number of hydrogen-bond acceptors (Lipinski definition) is 4. The number of nitrogens with one attached hydrogen (secondary N) is 1. The Hall–Kier alpha value is -3.32. The molecule has 2 aromatic carbocycles. The lowest BCUT2D eigenvalue weighted by Crippen LogP contribution is -2.27. The van der Waals surface area contributed by atoms with Crippen molar-refractivity contribution in [2.24, 2.45) is 21.6 Å². The van der Waals surface area contributed by atoms with E-state index in [2.05, 4.69) is 21.9 Å². The third-order valence-corrected chi connectivity index (χ3v) is 5.69. The molecule has 6 nitrogen and oxygen atoms in total. The van der Waals surface area contributed by atoms with Crippen molar-refractivity contribution in [3.8, 4) is 0 Å². The van der Waals surface area contributed by atoms with E-state index in [1.807, 2.05) is 30.3 Å². The predicted octanol–water partition coefficient (Wildman–Crippen LogP) is 3.60. The monoisotopic (exact) mass is 436 g/mol. The smallest absolute Gasteiger partial charge is 0.254 e. The second-order valence-corrected chi connectivity index (χ2v) is 7.93. The highest BCUT2D eigenvalue weighted by molar-refractivity contribution is 6.47. The van der Waals surface area contributed by atoms with Crippen molar-refractivity contribution in [3.63, 3.8) is 0 Å². The molecular weight excluding hydrogens is 407 g/mol. The number of hydrogen-bond donors (Lipinski definition) is 3. The number of amidine groups is 1. The van der Waals surface area contributed by atoms with Crippen molar-refractivity contribution in [3.05, 3.63) is 83.3 Å². The van der Waals surface area contributed by atoms with Gasteiger partial charge in [0.2, 0.25) is 0 Å². The van der Waals surface area contributed by atoms with Crippen LogP contribution in [0.15, 0.2) is 70.8 Å². The number of amides is 1.